The lowest BCUT2D eigenvalue weighted by Crippen LogP contribution is -2.42. The van der Waals surface area contributed by atoms with Gasteiger partial charge in [-0.05, 0) is 61.4 Å². The average Bonchev–Trinajstić information content (AvgIpc) is 2.68. The smallest absolute Gasteiger partial charge is 0.302 e. The molecule has 0 bridgehead atoms. The van der Waals surface area contributed by atoms with Crippen molar-refractivity contribution in [2.45, 2.75) is 32.6 Å². The van der Waals surface area contributed by atoms with Gasteiger partial charge in [-0.1, -0.05) is 25.1 Å². The topological polar surface area (TPSA) is 105 Å². The molecule has 1 aromatic carbocycles. The Kier molecular flexibility index (Phi) is 6.31. The van der Waals surface area contributed by atoms with Crippen LogP contribution in [0.1, 0.15) is 41.4 Å². The van der Waals surface area contributed by atoms with E-state index in [9.17, 15) is 13.2 Å². The van der Waals surface area contributed by atoms with Crippen LogP contribution in [-0.2, 0) is 23.1 Å². The molecule has 0 saturated carbocycles. The van der Waals surface area contributed by atoms with Gasteiger partial charge in [-0.25, -0.2) is 4.98 Å². The van der Waals surface area contributed by atoms with Crippen molar-refractivity contribution in [1.82, 2.24) is 9.29 Å². The van der Waals surface area contributed by atoms with E-state index in [0.717, 1.165) is 36.9 Å². The van der Waals surface area contributed by atoms with Crippen molar-refractivity contribution in [2.75, 3.05) is 17.8 Å². The normalized spacial score (nSPS) is 16.0. The number of nitrogens with one attached hydrogen (secondary N) is 1. The van der Waals surface area contributed by atoms with Gasteiger partial charge in [0.05, 0.1) is 0 Å². The molecule has 150 valence electrons. The molecule has 1 fully saturated rings. The van der Waals surface area contributed by atoms with Crippen molar-refractivity contribution in [2.24, 2.45) is 11.7 Å². The molecule has 28 heavy (non-hydrogen) atoms. The number of amides is 1. The van der Waals surface area contributed by atoms with Crippen LogP contribution in [0.15, 0.2) is 42.5 Å². The molecule has 8 heteroatoms. The Morgan fingerprint density at radius 1 is 1.18 bits per heavy atom. The predicted molar refractivity (Wildman–Crippen MR) is 109 cm³/mol. The number of hydrogen-bond acceptors (Lipinski definition) is 4. The predicted octanol–water partition coefficient (Wildman–Crippen LogP) is 2.35. The molecule has 3 rings (SSSR count). The molecule has 2 aromatic rings. The number of aromatic nitrogens is 1. The molecule has 0 unspecified atom stereocenters. The van der Waals surface area contributed by atoms with Crippen LogP contribution in [0.4, 0.5) is 5.82 Å². The molecular formula is C20H26N4O3S. The fourth-order valence-corrected chi connectivity index (χ4v) is 4.62. The number of anilines is 1. The molecule has 0 aliphatic carbocycles. The highest BCUT2D eigenvalue weighted by molar-refractivity contribution is 7.90. The summed E-state index contributed by atoms with van der Waals surface area (Å²) in [4.78, 5) is 15.5. The van der Waals surface area contributed by atoms with Crippen LogP contribution in [0.3, 0.4) is 0 Å². The lowest BCUT2D eigenvalue weighted by Gasteiger charge is -2.31. The Labute approximate surface area is 166 Å². The minimum atomic E-state index is -3.60. The van der Waals surface area contributed by atoms with E-state index in [-0.39, 0.29) is 0 Å². The molecule has 0 radical (unpaired) electrons. The Morgan fingerprint density at radius 3 is 2.46 bits per heavy atom. The summed E-state index contributed by atoms with van der Waals surface area (Å²) >= 11 is 0. The van der Waals surface area contributed by atoms with E-state index in [1.54, 1.807) is 24.3 Å². The fourth-order valence-electron chi connectivity index (χ4n) is 3.42. The van der Waals surface area contributed by atoms with E-state index >= 15 is 0 Å². The van der Waals surface area contributed by atoms with Crippen molar-refractivity contribution in [3.05, 3.63) is 59.3 Å². The molecule has 7 nitrogen and oxygen atoms in total. The zero-order chi connectivity index (χ0) is 20.1. The second kappa shape index (κ2) is 8.70. The number of rotatable bonds is 7. The van der Waals surface area contributed by atoms with E-state index in [1.165, 1.54) is 4.31 Å². The minimum Gasteiger partial charge on any atom is -0.366 e. The summed E-state index contributed by atoms with van der Waals surface area (Å²) in [6, 6.07) is 12.6. The summed E-state index contributed by atoms with van der Waals surface area (Å²) in [6.45, 7) is 2.94. The van der Waals surface area contributed by atoms with Gasteiger partial charge in [0.2, 0.25) is 5.91 Å². The van der Waals surface area contributed by atoms with Crippen molar-refractivity contribution < 1.29 is 13.2 Å². The van der Waals surface area contributed by atoms with Crippen LogP contribution in [0.2, 0.25) is 0 Å². The van der Waals surface area contributed by atoms with E-state index in [1.807, 2.05) is 25.1 Å². The van der Waals surface area contributed by atoms with E-state index in [0.29, 0.717) is 30.4 Å². The van der Waals surface area contributed by atoms with Crippen LogP contribution in [-0.4, -0.2) is 36.7 Å². The number of hydrogen-bond donors (Lipinski definition) is 2. The van der Waals surface area contributed by atoms with E-state index < -0.39 is 16.1 Å². The van der Waals surface area contributed by atoms with Gasteiger partial charge in [0.25, 0.3) is 0 Å². The Morgan fingerprint density at radius 2 is 1.86 bits per heavy atom. The summed E-state index contributed by atoms with van der Waals surface area (Å²) in [5.74, 6) is 0.333. The third-order valence-electron chi connectivity index (χ3n) is 5.08. The molecular weight excluding hydrogens is 376 g/mol. The van der Waals surface area contributed by atoms with Crippen LogP contribution < -0.4 is 10.5 Å². The number of carbonyl (C=O) groups is 1. The largest absolute Gasteiger partial charge is 0.366 e. The van der Waals surface area contributed by atoms with Crippen molar-refractivity contribution in [3.8, 4) is 0 Å². The first-order chi connectivity index (χ1) is 13.4. The van der Waals surface area contributed by atoms with Crippen LogP contribution in [0, 0.1) is 5.92 Å². The lowest BCUT2D eigenvalue weighted by molar-refractivity contribution is 0.100. The zero-order valence-electron chi connectivity index (χ0n) is 16.0. The summed E-state index contributed by atoms with van der Waals surface area (Å²) < 4.78 is 29.4. The summed E-state index contributed by atoms with van der Waals surface area (Å²) in [6.07, 6.45) is 3.20. The quantitative estimate of drug-likeness (QED) is 0.741. The first kappa shape index (κ1) is 20.3. The summed E-state index contributed by atoms with van der Waals surface area (Å²) in [5.41, 5.74) is 7.74. The molecule has 1 aliphatic heterocycles. The SMILES string of the molecule is CCc1cccc(NS(=O)(=O)N2CCC(Cc3ccc(C(N)=O)cc3)CC2)n1. The highest BCUT2D eigenvalue weighted by Gasteiger charge is 2.28. The molecule has 0 spiro atoms. The molecule has 0 atom stereocenters. The van der Waals surface area contributed by atoms with Crippen molar-refractivity contribution in [3.63, 3.8) is 0 Å². The second-order valence-electron chi connectivity index (χ2n) is 7.08. The number of pyridine rings is 1. The van der Waals surface area contributed by atoms with Crippen molar-refractivity contribution >= 4 is 21.9 Å². The number of carbonyl (C=O) groups excluding carboxylic acids is 1. The zero-order valence-corrected chi connectivity index (χ0v) is 16.8. The molecule has 1 saturated heterocycles. The highest BCUT2D eigenvalue weighted by Crippen LogP contribution is 2.24. The monoisotopic (exact) mass is 402 g/mol. The number of benzene rings is 1. The first-order valence-electron chi connectivity index (χ1n) is 9.50. The van der Waals surface area contributed by atoms with Crippen LogP contribution in [0.25, 0.3) is 0 Å². The van der Waals surface area contributed by atoms with Gasteiger partial charge in [-0.3, -0.25) is 9.52 Å². The van der Waals surface area contributed by atoms with Crippen LogP contribution in [0.5, 0.6) is 0 Å². The number of aryl methyl sites for hydroxylation is 1. The van der Waals surface area contributed by atoms with E-state index in [2.05, 4.69) is 9.71 Å². The average molecular weight is 403 g/mol. The molecule has 2 heterocycles. The van der Waals surface area contributed by atoms with Gasteiger partial charge in [-0.2, -0.15) is 12.7 Å². The van der Waals surface area contributed by atoms with Gasteiger partial charge < -0.3 is 5.73 Å². The maximum absolute atomic E-state index is 12.7. The Balaban J connectivity index is 1.55. The standard InChI is InChI=1S/C20H26N4O3S/c1-2-18-4-3-5-19(22-18)23-28(26,27)24-12-10-16(11-13-24)14-15-6-8-17(9-7-15)20(21)25/h3-9,16H,2,10-14H2,1H3,(H2,21,25)(H,22,23). The second-order valence-corrected chi connectivity index (χ2v) is 8.75. The Bertz CT molecular complexity index is 921. The van der Waals surface area contributed by atoms with Crippen LogP contribution >= 0.6 is 0 Å². The third kappa shape index (κ3) is 5.08. The van der Waals surface area contributed by atoms with Gasteiger partial charge >= 0.3 is 10.2 Å². The van der Waals surface area contributed by atoms with Crippen molar-refractivity contribution in [1.29, 1.82) is 0 Å². The summed E-state index contributed by atoms with van der Waals surface area (Å²) in [5, 5.41) is 0. The molecule has 3 N–H and O–H groups in total. The van der Waals surface area contributed by atoms with Gasteiger partial charge in [-0.15, -0.1) is 0 Å². The first-order valence-corrected chi connectivity index (χ1v) is 10.9. The molecule has 1 aromatic heterocycles. The number of primary amides is 1. The number of nitrogens with zero attached hydrogens (tertiary/aromatic N) is 2. The minimum absolute atomic E-state index is 0.357. The summed E-state index contributed by atoms with van der Waals surface area (Å²) in [7, 11) is -3.60. The maximum Gasteiger partial charge on any atom is 0.302 e. The maximum atomic E-state index is 12.7. The van der Waals surface area contributed by atoms with Gasteiger partial charge in [0.1, 0.15) is 5.82 Å². The van der Waals surface area contributed by atoms with Gasteiger partial charge in [0, 0.05) is 24.3 Å². The Hall–Kier alpha value is -2.45. The fraction of sp³-hybridized carbons (Fsp3) is 0.400. The van der Waals surface area contributed by atoms with E-state index in [4.69, 9.17) is 5.73 Å². The third-order valence-corrected chi connectivity index (χ3v) is 6.59. The molecule has 1 aliphatic rings. The number of piperidine rings is 1. The lowest BCUT2D eigenvalue weighted by atomic mass is 9.91. The molecule has 1 amide bonds. The highest BCUT2D eigenvalue weighted by atomic mass is 32.2. The van der Waals surface area contributed by atoms with Gasteiger partial charge in [0.15, 0.2) is 0 Å². The number of nitrogens with two attached hydrogens (primary N) is 1.